The first kappa shape index (κ1) is 13.4. The first-order valence-electron chi connectivity index (χ1n) is 6.98. The molecule has 3 rings (SSSR count). The van der Waals surface area contributed by atoms with Crippen LogP contribution in [0.2, 0.25) is 0 Å². The Morgan fingerprint density at radius 3 is 2.63 bits per heavy atom. The van der Waals surface area contributed by atoms with Crippen LogP contribution in [0, 0.1) is 13.8 Å². The lowest BCUT2D eigenvalue weighted by Gasteiger charge is -2.12. The van der Waals surface area contributed by atoms with Gasteiger partial charge in [0.05, 0.1) is 4.83 Å². The van der Waals surface area contributed by atoms with Crippen molar-refractivity contribution in [2.45, 2.75) is 44.4 Å². The minimum atomic E-state index is 0.351. The summed E-state index contributed by atoms with van der Waals surface area (Å²) in [4.78, 5) is 3.44. The zero-order valence-corrected chi connectivity index (χ0v) is 13.9. The Kier molecular flexibility index (Phi) is 3.81. The molecule has 0 spiro atoms. The van der Waals surface area contributed by atoms with Crippen LogP contribution in [0.15, 0.2) is 24.3 Å². The van der Waals surface area contributed by atoms with Crippen molar-refractivity contribution in [1.82, 2.24) is 0 Å². The highest BCUT2D eigenvalue weighted by Crippen LogP contribution is 2.40. The van der Waals surface area contributed by atoms with Crippen LogP contribution in [-0.4, -0.2) is 0 Å². The van der Waals surface area contributed by atoms with Gasteiger partial charge < -0.3 is 0 Å². The maximum Gasteiger partial charge on any atom is 0.0740 e. The van der Waals surface area contributed by atoms with Crippen molar-refractivity contribution in [1.29, 1.82) is 0 Å². The fraction of sp³-hybridized carbons (Fsp3) is 0.412. The minimum absolute atomic E-state index is 0.351. The number of halogens is 1. The fourth-order valence-corrected chi connectivity index (χ4v) is 5.08. The molecule has 1 unspecified atom stereocenters. The highest BCUT2D eigenvalue weighted by atomic mass is 79.9. The van der Waals surface area contributed by atoms with E-state index in [0.717, 1.165) is 0 Å². The number of rotatable bonds is 2. The summed E-state index contributed by atoms with van der Waals surface area (Å²) in [5, 5.41) is 0. The molecule has 1 aliphatic rings. The number of benzene rings is 1. The van der Waals surface area contributed by atoms with Gasteiger partial charge in [0.15, 0.2) is 0 Å². The Hall–Kier alpha value is -0.600. The molecule has 0 fully saturated rings. The highest BCUT2D eigenvalue weighted by molar-refractivity contribution is 9.09. The molecular weight excluding hydrogens is 316 g/mol. The summed E-state index contributed by atoms with van der Waals surface area (Å²) in [6, 6.07) is 9.18. The van der Waals surface area contributed by atoms with E-state index < -0.39 is 0 Å². The van der Waals surface area contributed by atoms with Crippen molar-refractivity contribution in [2.24, 2.45) is 0 Å². The maximum atomic E-state index is 3.91. The molecule has 1 atom stereocenters. The number of hydrogen-bond acceptors (Lipinski definition) is 1. The monoisotopic (exact) mass is 334 g/mol. The first-order valence-corrected chi connectivity index (χ1v) is 8.71. The molecule has 100 valence electrons. The predicted octanol–water partition coefficient (Wildman–Crippen LogP) is 5.73. The number of thiophene rings is 1. The Morgan fingerprint density at radius 2 is 1.89 bits per heavy atom. The molecule has 1 heterocycles. The maximum absolute atomic E-state index is 3.91. The zero-order chi connectivity index (χ0) is 13.4. The Balaban J connectivity index is 1.94. The van der Waals surface area contributed by atoms with Crippen LogP contribution in [0.5, 0.6) is 0 Å². The third-order valence-electron chi connectivity index (χ3n) is 3.96. The summed E-state index contributed by atoms with van der Waals surface area (Å²) in [6.07, 6.45) is 5.29. The number of hydrogen-bond donors (Lipinski definition) is 0. The highest BCUT2D eigenvalue weighted by Gasteiger charge is 2.19. The van der Waals surface area contributed by atoms with Gasteiger partial charge in [0.2, 0.25) is 0 Å². The zero-order valence-electron chi connectivity index (χ0n) is 11.5. The van der Waals surface area contributed by atoms with Crippen LogP contribution in [-0.2, 0) is 12.8 Å². The minimum Gasteiger partial charge on any atom is -0.144 e. The smallest absolute Gasteiger partial charge is 0.0740 e. The summed E-state index contributed by atoms with van der Waals surface area (Å²) in [6.45, 7) is 4.37. The van der Waals surface area contributed by atoms with E-state index in [1.165, 1.54) is 47.3 Å². The Morgan fingerprint density at radius 1 is 1.11 bits per heavy atom. The van der Waals surface area contributed by atoms with Gasteiger partial charge in [0.1, 0.15) is 0 Å². The molecule has 1 aromatic heterocycles. The summed E-state index contributed by atoms with van der Waals surface area (Å²) in [7, 11) is 0. The molecular formula is C17H19BrS. The van der Waals surface area contributed by atoms with Gasteiger partial charge in [-0.25, -0.2) is 0 Å². The predicted molar refractivity (Wildman–Crippen MR) is 87.6 cm³/mol. The Bertz CT molecular complexity index is 574. The van der Waals surface area contributed by atoms with Gasteiger partial charge >= 0.3 is 0 Å². The number of alkyl halides is 1. The van der Waals surface area contributed by atoms with E-state index in [2.05, 4.69) is 54.0 Å². The second-order valence-corrected chi connectivity index (χ2v) is 7.61. The lowest BCUT2D eigenvalue weighted by molar-refractivity contribution is 0.697. The van der Waals surface area contributed by atoms with Crippen LogP contribution >= 0.6 is 27.3 Å². The normalized spacial score (nSPS) is 16.2. The topological polar surface area (TPSA) is 0 Å². The van der Waals surface area contributed by atoms with Gasteiger partial charge in [-0.05, 0) is 62.3 Å². The van der Waals surface area contributed by atoms with E-state index in [9.17, 15) is 0 Å². The molecule has 0 saturated heterocycles. The lowest BCUT2D eigenvalue weighted by atomic mass is 9.98. The van der Waals surface area contributed by atoms with Crippen LogP contribution in [0.25, 0.3) is 0 Å². The van der Waals surface area contributed by atoms with E-state index in [1.807, 2.05) is 11.3 Å². The molecule has 0 amide bonds. The van der Waals surface area contributed by atoms with Crippen molar-refractivity contribution in [2.75, 3.05) is 0 Å². The molecule has 0 radical (unpaired) electrons. The second-order valence-electron chi connectivity index (χ2n) is 5.53. The van der Waals surface area contributed by atoms with E-state index >= 15 is 0 Å². The van der Waals surface area contributed by atoms with Gasteiger partial charge in [-0.3, -0.25) is 0 Å². The van der Waals surface area contributed by atoms with Crippen LogP contribution in [0.4, 0.5) is 0 Å². The van der Waals surface area contributed by atoms with Crippen molar-refractivity contribution in [3.8, 4) is 0 Å². The molecule has 0 N–H and O–H groups in total. The molecule has 1 aliphatic carbocycles. The lowest BCUT2D eigenvalue weighted by Crippen LogP contribution is -1.96. The van der Waals surface area contributed by atoms with E-state index in [1.54, 1.807) is 10.4 Å². The molecule has 2 heteroatoms. The van der Waals surface area contributed by atoms with Crippen molar-refractivity contribution < 1.29 is 0 Å². The quantitative estimate of drug-likeness (QED) is 0.615. The van der Waals surface area contributed by atoms with Gasteiger partial charge in [-0.2, -0.15) is 0 Å². The average Bonchev–Trinajstić information content (AvgIpc) is 2.81. The van der Waals surface area contributed by atoms with Crippen LogP contribution in [0.1, 0.15) is 49.7 Å². The first-order chi connectivity index (χ1) is 9.15. The summed E-state index contributed by atoms with van der Waals surface area (Å²) in [5.41, 5.74) is 5.73. The standard InChI is InChI=1S/C17H19BrS/c1-11-7-8-14(12(2)9-11)17(18)16-10-13-5-3-4-6-15(13)19-16/h7-10,17H,3-6H2,1-2H3. The molecule has 0 bridgehead atoms. The molecule has 0 saturated carbocycles. The van der Waals surface area contributed by atoms with E-state index in [-0.39, 0.29) is 0 Å². The molecule has 2 aromatic rings. The molecule has 1 aromatic carbocycles. The van der Waals surface area contributed by atoms with Gasteiger partial charge in [-0.1, -0.05) is 39.7 Å². The van der Waals surface area contributed by atoms with Crippen molar-refractivity contribution in [3.05, 3.63) is 56.3 Å². The van der Waals surface area contributed by atoms with Crippen LogP contribution in [0.3, 0.4) is 0 Å². The number of fused-ring (bicyclic) bond motifs is 1. The number of aryl methyl sites for hydroxylation is 4. The fourth-order valence-electron chi connectivity index (χ4n) is 2.90. The molecule has 19 heavy (non-hydrogen) atoms. The third-order valence-corrected chi connectivity index (χ3v) is 6.56. The summed E-state index contributed by atoms with van der Waals surface area (Å²) < 4.78 is 0. The van der Waals surface area contributed by atoms with Crippen molar-refractivity contribution >= 4 is 27.3 Å². The van der Waals surface area contributed by atoms with Gasteiger partial charge in [-0.15, -0.1) is 11.3 Å². The largest absolute Gasteiger partial charge is 0.144 e. The average molecular weight is 335 g/mol. The van der Waals surface area contributed by atoms with Gasteiger partial charge in [0, 0.05) is 9.75 Å². The Labute approximate surface area is 128 Å². The summed E-state index contributed by atoms with van der Waals surface area (Å²) >= 11 is 5.91. The summed E-state index contributed by atoms with van der Waals surface area (Å²) in [5.74, 6) is 0. The second kappa shape index (κ2) is 5.41. The van der Waals surface area contributed by atoms with E-state index in [4.69, 9.17) is 0 Å². The SMILES string of the molecule is Cc1ccc(C(Br)c2cc3c(s2)CCCC3)c(C)c1. The van der Waals surface area contributed by atoms with E-state index in [0.29, 0.717) is 4.83 Å². The van der Waals surface area contributed by atoms with Crippen LogP contribution < -0.4 is 0 Å². The van der Waals surface area contributed by atoms with Crippen molar-refractivity contribution in [3.63, 3.8) is 0 Å². The van der Waals surface area contributed by atoms with Gasteiger partial charge in [0.25, 0.3) is 0 Å². The molecule has 0 nitrogen and oxygen atoms in total. The molecule has 0 aliphatic heterocycles. The third kappa shape index (κ3) is 2.66.